The fraction of sp³-hybridized carbons (Fsp3) is 0.125. The fourth-order valence-electron chi connectivity index (χ4n) is 1.10. The maximum absolute atomic E-state index is 10.9. The molecule has 1 aromatic rings. The number of rotatable bonds is 3. The van der Waals surface area contributed by atoms with Crippen LogP contribution in [0.3, 0.4) is 0 Å². The molecule has 0 aliphatic heterocycles. The van der Waals surface area contributed by atoms with E-state index in [0.717, 1.165) is 0 Å². The van der Waals surface area contributed by atoms with E-state index >= 15 is 0 Å². The van der Waals surface area contributed by atoms with Crippen molar-refractivity contribution >= 4 is 15.9 Å². The van der Waals surface area contributed by atoms with Crippen LogP contribution in [-0.4, -0.2) is 14.3 Å². The largest absolute Gasteiger partial charge is 0.366 e. The summed E-state index contributed by atoms with van der Waals surface area (Å²) in [7, 11) is -3.64. The maximum atomic E-state index is 10.9. The first-order valence-electron chi connectivity index (χ1n) is 3.78. The zero-order chi connectivity index (χ0) is 10.8. The van der Waals surface area contributed by atoms with Crippen molar-refractivity contribution < 1.29 is 13.2 Å². The van der Waals surface area contributed by atoms with Crippen LogP contribution in [0.25, 0.3) is 0 Å². The summed E-state index contributed by atoms with van der Waals surface area (Å²) in [5, 5.41) is 4.86. The molecule has 14 heavy (non-hydrogen) atoms. The number of hydrogen-bond donors (Lipinski definition) is 2. The van der Waals surface area contributed by atoms with Crippen LogP contribution in [0.2, 0.25) is 0 Å². The molecule has 0 unspecified atom stereocenters. The van der Waals surface area contributed by atoms with Crippen molar-refractivity contribution in [3.05, 3.63) is 35.4 Å². The van der Waals surface area contributed by atoms with Gasteiger partial charge < -0.3 is 5.73 Å². The molecule has 0 spiro atoms. The quantitative estimate of drug-likeness (QED) is 0.713. The van der Waals surface area contributed by atoms with Gasteiger partial charge in [-0.25, -0.2) is 13.6 Å². The molecule has 0 aliphatic carbocycles. The Morgan fingerprint density at radius 1 is 1.29 bits per heavy atom. The minimum absolute atomic E-state index is 0.182. The Morgan fingerprint density at radius 3 is 2.36 bits per heavy atom. The summed E-state index contributed by atoms with van der Waals surface area (Å²) in [6.45, 7) is 0. The number of carbonyl (C=O) groups is 1. The first-order chi connectivity index (χ1) is 6.40. The zero-order valence-electron chi connectivity index (χ0n) is 7.30. The zero-order valence-corrected chi connectivity index (χ0v) is 8.12. The second-order valence-electron chi connectivity index (χ2n) is 2.83. The number of primary sulfonamides is 1. The van der Waals surface area contributed by atoms with Crippen LogP contribution in [0.5, 0.6) is 0 Å². The van der Waals surface area contributed by atoms with Gasteiger partial charge in [0.15, 0.2) is 0 Å². The van der Waals surface area contributed by atoms with E-state index < -0.39 is 15.9 Å². The Hall–Kier alpha value is -1.40. The number of nitrogens with two attached hydrogens (primary N) is 2. The predicted molar refractivity (Wildman–Crippen MR) is 51.8 cm³/mol. The summed E-state index contributed by atoms with van der Waals surface area (Å²) in [6.07, 6.45) is 0. The molecule has 0 heterocycles. The second-order valence-corrected chi connectivity index (χ2v) is 4.44. The summed E-state index contributed by atoms with van der Waals surface area (Å²) >= 11 is 0. The lowest BCUT2D eigenvalue weighted by Gasteiger charge is -2.03. The molecule has 1 aromatic carbocycles. The smallest absolute Gasteiger partial charge is 0.249 e. The minimum atomic E-state index is -3.64. The Labute approximate surface area is 81.8 Å². The van der Waals surface area contributed by atoms with Gasteiger partial charge in [0, 0.05) is 5.56 Å². The van der Waals surface area contributed by atoms with Crippen LogP contribution < -0.4 is 10.9 Å². The van der Waals surface area contributed by atoms with Gasteiger partial charge in [-0.1, -0.05) is 18.2 Å². The lowest BCUT2D eigenvalue weighted by molar-refractivity contribution is 0.0999. The van der Waals surface area contributed by atoms with Crippen molar-refractivity contribution in [2.45, 2.75) is 5.75 Å². The molecule has 0 aliphatic rings. The Balaban J connectivity index is 3.15. The molecule has 0 saturated heterocycles. The maximum Gasteiger partial charge on any atom is 0.249 e. The van der Waals surface area contributed by atoms with Gasteiger partial charge in [0.1, 0.15) is 0 Å². The monoisotopic (exact) mass is 214 g/mol. The molecule has 0 radical (unpaired) electrons. The summed E-state index contributed by atoms with van der Waals surface area (Å²) < 4.78 is 21.6. The molecule has 0 atom stereocenters. The third-order valence-electron chi connectivity index (χ3n) is 1.64. The van der Waals surface area contributed by atoms with Gasteiger partial charge in [0.2, 0.25) is 15.9 Å². The molecule has 0 aromatic heterocycles. The van der Waals surface area contributed by atoms with E-state index in [2.05, 4.69) is 0 Å². The predicted octanol–water partition coefficient (Wildman–Crippen LogP) is -0.426. The topological polar surface area (TPSA) is 103 Å². The summed E-state index contributed by atoms with van der Waals surface area (Å²) in [5.74, 6) is -1.05. The van der Waals surface area contributed by atoms with Gasteiger partial charge in [-0.3, -0.25) is 4.79 Å². The number of sulfonamides is 1. The average molecular weight is 214 g/mol. The summed E-state index contributed by atoms with van der Waals surface area (Å²) in [6, 6.07) is 6.19. The lowest BCUT2D eigenvalue weighted by Crippen LogP contribution is -2.19. The number of hydrogen-bond acceptors (Lipinski definition) is 3. The van der Waals surface area contributed by atoms with Gasteiger partial charge >= 0.3 is 0 Å². The van der Waals surface area contributed by atoms with E-state index in [1.807, 2.05) is 0 Å². The number of amides is 1. The molecule has 1 amide bonds. The van der Waals surface area contributed by atoms with Crippen LogP contribution in [-0.2, 0) is 15.8 Å². The first-order valence-corrected chi connectivity index (χ1v) is 5.50. The highest BCUT2D eigenvalue weighted by Gasteiger charge is 2.11. The van der Waals surface area contributed by atoms with Crippen molar-refractivity contribution in [2.75, 3.05) is 0 Å². The van der Waals surface area contributed by atoms with Crippen molar-refractivity contribution in [3.63, 3.8) is 0 Å². The van der Waals surface area contributed by atoms with Crippen LogP contribution in [0.1, 0.15) is 15.9 Å². The lowest BCUT2D eigenvalue weighted by atomic mass is 10.1. The molecular weight excluding hydrogens is 204 g/mol. The molecule has 4 N–H and O–H groups in total. The molecule has 76 valence electrons. The van der Waals surface area contributed by atoms with Gasteiger partial charge in [0.05, 0.1) is 5.75 Å². The highest BCUT2D eigenvalue weighted by Crippen LogP contribution is 2.10. The second kappa shape index (κ2) is 3.77. The summed E-state index contributed by atoms with van der Waals surface area (Å²) in [5.41, 5.74) is 5.56. The van der Waals surface area contributed by atoms with E-state index in [4.69, 9.17) is 10.9 Å². The highest BCUT2D eigenvalue weighted by atomic mass is 32.2. The third kappa shape index (κ3) is 2.82. The molecule has 6 heteroatoms. The number of benzene rings is 1. The van der Waals surface area contributed by atoms with Gasteiger partial charge in [-0.2, -0.15) is 0 Å². The minimum Gasteiger partial charge on any atom is -0.366 e. The van der Waals surface area contributed by atoms with E-state index in [9.17, 15) is 13.2 Å². The van der Waals surface area contributed by atoms with Crippen LogP contribution in [0, 0.1) is 0 Å². The van der Waals surface area contributed by atoms with E-state index in [-0.39, 0.29) is 11.3 Å². The Bertz CT molecular complexity index is 453. The normalized spacial score (nSPS) is 11.2. The van der Waals surface area contributed by atoms with Crippen molar-refractivity contribution in [3.8, 4) is 0 Å². The van der Waals surface area contributed by atoms with Gasteiger partial charge in [-0.05, 0) is 11.6 Å². The van der Waals surface area contributed by atoms with Crippen molar-refractivity contribution in [2.24, 2.45) is 10.9 Å². The van der Waals surface area contributed by atoms with Gasteiger partial charge in [-0.15, -0.1) is 0 Å². The standard InChI is InChI=1S/C8H10N2O3S/c9-8(11)7-4-2-1-3-6(7)5-14(10,12)13/h1-4H,5H2,(H2,9,11)(H2,10,12,13). The van der Waals surface area contributed by atoms with Crippen molar-refractivity contribution in [1.29, 1.82) is 0 Å². The average Bonchev–Trinajstić information content (AvgIpc) is 2.01. The summed E-state index contributed by atoms with van der Waals surface area (Å²) in [4.78, 5) is 10.9. The molecular formula is C8H10N2O3S. The molecule has 0 bridgehead atoms. The van der Waals surface area contributed by atoms with Crippen LogP contribution >= 0.6 is 0 Å². The Morgan fingerprint density at radius 2 is 1.86 bits per heavy atom. The molecule has 1 rings (SSSR count). The number of carbonyl (C=O) groups excluding carboxylic acids is 1. The van der Waals surface area contributed by atoms with E-state index in [1.165, 1.54) is 12.1 Å². The molecule has 0 saturated carbocycles. The van der Waals surface area contributed by atoms with E-state index in [0.29, 0.717) is 5.56 Å². The fourth-order valence-corrected chi connectivity index (χ4v) is 1.79. The SMILES string of the molecule is NC(=O)c1ccccc1CS(N)(=O)=O. The molecule has 0 fully saturated rings. The van der Waals surface area contributed by atoms with Crippen LogP contribution in [0.15, 0.2) is 24.3 Å². The highest BCUT2D eigenvalue weighted by molar-refractivity contribution is 7.88. The van der Waals surface area contributed by atoms with Gasteiger partial charge in [0.25, 0.3) is 0 Å². The van der Waals surface area contributed by atoms with E-state index in [1.54, 1.807) is 12.1 Å². The third-order valence-corrected chi connectivity index (χ3v) is 2.35. The van der Waals surface area contributed by atoms with Crippen LogP contribution in [0.4, 0.5) is 0 Å². The number of primary amides is 1. The Kier molecular flexibility index (Phi) is 2.87. The molecule has 5 nitrogen and oxygen atoms in total. The van der Waals surface area contributed by atoms with Crippen molar-refractivity contribution in [1.82, 2.24) is 0 Å². The first kappa shape index (κ1) is 10.7.